The summed E-state index contributed by atoms with van der Waals surface area (Å²) >= 11 is 0. The second kappa shape index (κ2) is 7.73. The van der Waals surface area contributed by atoms with E-state index in [4.69, 9.17) is 18.9 Å². The molecule has 1 saturated carbocycles. The van der Waals surface area contributed by atoms with Gasteiger partial charge in [-0.05, 0) is 24.8 Å². The quantitative estimate of drug-likeness (QED) is 0.795. The first-order chi connectivity index (χ1) is 12.4. The molecule has 1 aromatic rings. The Kier molecular flexibility index (Phi) is 5.60. The van der Waals surface area contributed by atoms with Gasteiger partial charge >= 0.3 is 11.9 Å². The number of fused-ring (bicyclic) bond motifs is 1. The molecular weight excluding hydrogens is 340 g/mol. The van der Waals surface area contributed by atoms with Gasteiger partial charge in [-0.3, -0.25) is 9.59 Å². The first-order valence-corrected chi connectivity index (χ1v) is 8.78. The molecule has 142 valence electrons. The van der Waals surface area contributed by atoms with Crippen molar-refractivity contribution in [1.29, 1.82) is 0 Å². The summed E-state index contributed by atoms with van der Waals surface area (Å²) in [7, 11) is 0. The number of hydrogen-bond donors (Lipinski definition) is 1. The molecule has 0 bridgehead atoms. The third-order valence-electron chi connectivity index (χ3n) is 4.80. The second-order valence-electron chi connectivity index (χ2n) is 6.78. The van der Waals surface area contributed by atoms with E-state index in [0.29, 0.717) is 25.9 Å². The van der Waals surface area contributed by atoms with Gasteiger partial charge in [-0.2, -0.15) is 0 Å². The van der Waals surface area contributed by atoms with Gasteiger partial charge in [-0.1, -0.05) is 30.3 Å². The third-order valence-corrected chi connectivity index (χ3v) is 4.80. The molecule has 1 aliphatic carbocycles. The highest BCUT2D eigenvalue weighted by Crippen LogP contribution is 2.44. The normalized spacial score (nSPS) is 33.3. The number of carbonyl (C=O) groups excluding carboxylic acids is 2. The van der Waals surface area contributed by atoms with Gasteiger partial charge in [0.25, 0.3) is 0 Å². The summed E-state index contributed by atoms with van der Waals surface area (Å²) < 4.78 is 22.2. The lowest BCUT2D eigenvalue weighted by atomic mass is 9.78. The number of esters is 2. The number of ether oxygens (including phenoxy) is 4. The molecule has 2 aliphatic rings. The molecule has 2 fully saturated rings. The van der Waals surface area contributed by atoms with Crippen LogP contribution in [0.2, 0.25) is 0 Å². The van der Waals surface area contributed by atoms with Crippen molar-refractivity contribution < 1.29 is 33.6 Å². The van der Waals surface area contributed by atoms with E-state index in [-0.39, 0.29) is 0 Å². The SMILES string of the molecule is CC(=O)OC1OC2C(OCc3ccccc3)CCCC2(O)C1OC(C)=O. The second-order valence-corrected chi connectivity index (χ2v) is 6.78. The minimum absolute atomic E-state index is 0.373. The number of hydrogen-bond acceptors (Lipinski definition) is 7. The summed E-state index contributed by atoms with van der Waals surface area (Å²) in [6, 6.07) is 9.68. The fourth-order valence-corrected chi connectivity index (χ4v) is 3.70. The van der Waals surface area contributed by atoms with Crippen LogP contribution in [-0.2, 0) is 35.1 Å². The predicted octanol–water partition coefficient (Wildman–Crippen LogP) is 1.71. The average molecular weight is 364 g/mol. The summed E-state index contributed by atoms with van der Waals surface area (Å²) in [6.07, 6.45) is -1.61. The predicted molar refractivity (Wildman–Crippen MR) is 89.8 cm³/mol. The molecule has 3 rings (SSSR count). The molecule has 5 unspecified atom stereocenters. The van der Waals surface area contributed by atoms with Gasteiger partial charge in [-0.15, -0.1) is 0 Å². The lowest BCUT2D eigenvalue weighted by Crippen LogP contribution is -2.56. The Morgan fingerprint density at radius 3 is 2.54 bits per heavy atom. The summed E-state index contributed by atoms with van der Waals surface area (Å²) in [5.74, 6) is -1.15. The summed E-state index contributed by atoms with van der Waals surface area (Å²) in [5.41, 5.74) is -0.446. The van der Waals surface area contributed by atoms with E-state index < -0.39 is 42.1 Å². The molecule has 1 heterocycles. The molecule has 1 saturated heterocycles. The third kappa shape index (κ3) is 3.90. The zero-order valence-electron chi connectivity index (χ0n) is 14.9. The van der Waals surface area contributed by atoms with Crippen LogP contribution in [0.1, 0.15) is 38.7 Å². The van der Waals surface area contributed by atoms with Gasteiger partial charge in [-0.25, -0.2) is 0 Å². The maximum absolute atomic E-state index is 11.5. The monoisotopic (exact) mass is 364 g/mol. The van der Waals surface area contributed by atoms with E-state index in [1.54, 1.807) is 0 Å². The van der Waals surface area contributed by atoms with E-state index in [1.165, 1.54) is 13.8 Å². The van der Waals surface area contributed by atoms with E-state index in [1.807, 2.05) is 30.3 Å². The number of benzene rings is 1. The van der Waals surface area contributed by atoms with E-state index in [9.17, 15) is 14.7 Å². The highest BCUT2D eigenvalue weighted by Gasteiger charge is 2.63. The molecule has 1 N–H and O–H groups in total. The van der Waals surface area contributed by atoms with Crippen molar-refractivity contribution in [3.05, 3.63) is 35.9 Å². The average Bonchev–Trinajstić information content (AvgIpc) is 2.85. The molecule has 26 heavy (non-hydrogen) atoms. The van der Waals surface area contributed by atoms with Crippen LogP contribution in [-0.4, -0.2) is 47.2 Å². The van der Waals surface area contributed by atoms with Crippen LogP contribution in [0.5, 0.6) is 0 Å². The summed E-state index contributed by atoms with van der Waals surface area (Å²) in [6.45, 7) is 2.86. The Morgan fingerprint density at radius 2 is 1.88 bits per heavy atom. The fraction of sp³-hybridized carbons (Fsp3) is 0.579. The maximum atomic E-state index is 11.5. The fourth-order valence-electron chi connectivity index (χ4n) is 3.70. The zero-order valence-corrected chi connectivity index (χ0v) is 14.9. The lowest BCUT2D eigenvalue weighted by Gasteiger charge is -2.40. The lowest BCUT2D eigenvalue weighted by molar-refractivity contribution is -0.201. The summed E-state index contributed by atoms with van der Waals surface area (Å²) in [4.78, 5) is 22.9. The molecule has 1 aromatic carbocycles. The van der Waals surface area contributed by atoms with Gasteiger partial charge in [0.2, 0.25) is 6.29 Å². The molecule has 5 atom stereocenters. The first kappa shape index (κ1) is 18.8. The van der Waals surface area contributed by atoms with Crippen molar-refractivity contribution in [2.75, 3.05) is 0 Å². The molecule has 0 spiro atoms. The van der Waals surface area contributed by atoms with Crippen LogP contribution in [0.4, 0.5) is 0 Å². The Hall–Kier alpha value is -1.96. The van der Waals surface area contributed by atoms with Gasteiger partial charge in [0.1, 0.15) is 11.7 Å². The van der Waals surface area contributed by atoms with Crippen molar-refractivity contribution >= 4 is 11.9 Å². The van der Waals surface area contributed by atoms with E-state index >= 15 is 0 Å². The van der Waals surface area contributed by atoms with Gasteiger partial charge < -0.3 is 24.1 Å². The Labute approximate surface area is 152 Å². The molecule has 0 amide bonds. The van der Waals surface area contributed by atoms with Crippen molar-refractivity contribution in [2.24, 2.45) is 0 Å². The molecule has 1 aliphatic heterocycles. The number of aliphatic hydroxyl groups is 1. The minimum atomic E-state index is -1.45. The standard InChI is InChI=1S/C19H24O7/c1-12(20)24-17-18(25-13(2)21)26-16-15(9-6-10-19(16,17)22)23-11-14-7-4-3-5-8-14/h3-5,7-8,15-18,22H,6,9-11H2,1-2H3. The Balaban J connectivity index is 1.76. The van der Waals surface area contributed by atoms with Crippen LogP contribution in [0, 0.1) is 0 Å². The van der Waals surface area contributed by atoms with Crippen molar-refractivity contribution in [3.8, 4) is 0 Å². The molecule has 7 nitrogen and oxygen atoms in total. The topological polar surface area (TPSA) is 91.3 Å². The van der Waals surface area contributed by atoms with Crippen molar-refractivity contribution in [1.82, 2.24) is 0 Å². The van der Waals surface area contributed by atoms with Gasteiger partial charge in [0.05, 0.1) is 12.7 Å². The van der Waals surface area contributed by atoms with Crippen LogP contribution in [0.15, 0.2) is 30.3 Å². The molecule has 0 radical (unpaired) electrons. The van der Waals surface area contributed by atoms with Crippen LogP contribution < -0.4 is 0 Å². The van der Waals surface area contributed by atoms with E-state index in [0.717, 1.165) is 5.56 Å². The number of carbonyl (C=O) groups is 2. The first-order valence-electron chi connectivity index (χ1n) is 8.78. The smallest absolute Gasteiger partial charge is 0.305 e. The maximum Gasteiger partial charge on any atom is 0.305 e. The van der Waals surface area contributed by atoms with Gasteiger partial charge in [0, 0.05) is 13.8 Å². The summed E-state index contributed by atoms with van der Waals surface area (Å²) in [5, 5.41) is 11.2. The Morgan fingerprint density at radius 1 is 1.19 bits per heavy atom. The van der Waals surface area contributed by atoms with Gasteiger partial charge in [0.15, 0.2) is 6.10 Å². The minimum Gasteiger partial charge on any atom is -0.453 e. The molecule has 7 heteroatoms. The highest BCUT2D eigenvalue weighted by molar-refractivity contribution is 5.67. The number of rotatable bonds is 5. The van der Waals surface area contributed by atoms with Crippen molar-refractivity contribution in [3.63, 3.8) is 0 Å². The highest BCUT2D eigenvalue weighted by atomic mass is 16.7. The van der Waals surface area contributed by atoms with Crippen LogP contribution >= 0.6 is 0 Å². The Bertz CT molecular complexity index is 647. The molecular formula is C19H24O7. The van der Waals surface area contributed by atoms with Crippen LogP contribution in [0.25, 0.3) is 0 Å². The largest absolute Gasteiger partial charge is 0.453 e. The van der Waals surface area contributed by atoms with Crippen molar-refractivity contribution in [2.45, 2.75) is 69.9 Å². The van der Waals surface area contributed by atoms with E-state index in [2.05, 4.69) is 0 Å². The molecule has 0 aromatic heterocycles. The van der Waals surface area contributed by atoms with Crippen LogP contribution in [0.3, 0.4) is 0 Å². The zero-order chi connectivity index (χ0) is 18.7.